The van der Waals surface area contributed by atoms with E-state index in [2.05, 4.69) is 31.0 Å². The summed E-state index contributed by atoms with van der Waals surface area (Å²) < 4.78 is 5.76. The first-order valence-corrected chi connectivity index (χ1v) is 8.62. The molecule has 1 heterocycles. The van der Waals surface area contributed by atoms with Gasteiger partial charge in [-0.3, -0.25) is 4.79 Å². The number of carbonyl (C=O) groups excluding carboxylic acids is 1. The van der Waals surface area contributed by atoms with Crippen LogP contribution in [0.2, 0.25) is 0 Å². The van der Waals surface area contributed by atoms with E-state index in [1.807, 2.05) is 29.2 Å². The van der Waals surface area contributed by atoms with Crippen LogP contribution in [-0.2, 0) is 0 Å². The van der Waals surface area contributed by atoms with Crippen LogP contribution in [0.3, 0.4) is 0 Å². The van der Waals surface area contributed by atoms with E-state index in [9.17, 15) is 4.79 Å². The Balaban J connectivity index is 0.00000288. The van der Waals surface area contributed by atoms with Crippen LogP contribution in [0.25, 0.3) is 0 Å². The van der Waals surface area contributed by atoms with Gasteiger partial charge in [-0.05, 0) is 44.3 Å². The number of halogens is 2. The van der Waals surface area contributed by atoms with Crippen LogP contribution in [0.5, 0.6) is 5.75 Å². The quantitative estimate of drug-likeness (QED) is 0.775. The Morgan fingerprint density at radius 1 is 1.24 bits per heavy atom. The summed E-state index contributed by atoms with van der Waals surface area (Å²) in [6, 6.07) is 7.75. The average molecular weight is 392 g/mol. The number of amides is 1. The van der Waals surface area contributed by atoms with Crippen LogP contribution in [0, 0.1) is 0 Å². The molecule has 0 bridgehead atoms. The zero-order chi connectivity index (χ0) is 16.7. The van der Waals surface area contributed by atoms with Crippen molar-refractivity contribution in [1.82, 2.24) is 15.1 Å². The lowest BCUT2D eigenvalue weighted by Gasteiger charge is -2.34. The van der Waals surface area contributed by atoms with E-state index in [0.717, 1.165) is 50.6 Å². The molecule has 7 heteroatoms. The number of rotatable bonds is 7. The van der Waals surface area contributed by atoms with E-state index >= 15 is 0 Å². The fourth-order valence-electron chi connectivity index (χ4n) is 2.83. The summed E-state index contributed by atoms with van der Waals surface area (Å²) in [6.45, 7) is 12.5. The highest BCUT2D eigenvalue weighted by molar-refractivity contribution is 5.94. The third-order valence-corrected chi connectivity index (χ3v) is 4.43. The molecule has 0 spiro atoms. The first-order chi connectivity index (χ1) is 11.2. The van der Waals surface area contributed by atoms with Crippen molar-refractivity contribution in [2.75, 3.05) is 45.9 Å². The highest BCUT2D eigenvalue weighted by Gasteiger charge is 2.23. The van der Waals surface area contributed by atoms with Gasteiger partial charge in [0.05, 0.1) is 0 Å². The molecule has 5 nitrogen and oxygen atoms in total. The maximum atomic E-state index is 12.6. The highest BCUT2D eigenvalue weighted by Crippen LogP contribution is 2.15. The van der Waals surface area contributed by atoms with Crippen molar-refractivity contribution in [2.45, 2.75) is 26.8 Å². The van der Waals surface area contributed by atoms with Crippen LogP contribution >= 0.6 is 24.8 Å². The number of hydrogen-bond acceptors (Lipinski definition) is 4. The lowest BCUT2D eigenvalue weighted by Crippen LogP contribution is -2.52. The van der Waals surface area contributed by atoms with Gasteiger partial charge in [-0.25, -0.2) is 0 Å². The summed E-state index contributed by atoms with van der Waals surface area (Å²) >= 11 is 0. The summed E-state index contributed by atoms with van der Waals surface area (Å²) in [5.41, 5.74) is 0.731. The van der Waals surface area contributed by atoms with E-state index < -0.39 is 0 Å². The molecule has 0 saturated carbocycles. The number of hydrogen-bond donors (Lipinski definition) is 1. The zero-order valence-corrected chi connectivity index (χ0v) is 17.0. The van der Waals surface area contributed by atoms with Crippen LogP contribution in [0.4, 0.5) is 0 Å². The Kier molecular flexibility index (Phi) is 11.9. The van der Waals surface area contributed by atoms with E-state index in [0.29, 0.717) is 6.61 Å². The normalized spacial score (nSPS) is 16.8. The number of nitrogens with one attached hydrogen (secondary N) is 1. The Morgan fingerprint density at radius 3 is 2.44 bits per heavy atom. The van der Waals surface area contributed by atoms with Gasteiger partial charge in [0.25, 0.3) is 5.91 Å². The SMILES string of the molecule is CCN(CC)CCOc1ccc(C(=O)N2CCNC[C@@H]2C)cc1.Cl.Cl. The molecule has 2 rings (SSSR count). The number of nitrogens with zero attached hydrogens (tertiary/aromatic N) is 2. The molecule has 1 N–H and O–H groups in total. The van der Waals surface area contributed by atoms with Gasteiger partial charge < -0.3 is 19.9 Å². The monoisotopic (exact) mass is 391 g/mol. The summed E-state index contributed by atoms with van der Waals surface area (Å²) in [4.78, 5) is 16.8. The molecular weight excluding hydrogens is 361 g/mol. The Bertz CT molecular complexity index is 496. The topological polar surface area (TPSA) is 44.8 Å². The molecule has 1 aromatic carbocycles. The molecule has 1 aliphatic rings. The second-order valence-corrected chi connectivity index (χ2v) is 5.95. The number of piperazine rings is 1. The molecule has 144 valence electrons. The van der Waals surface area contributed by atoms with Crippen LogP contribution in [-0.4, -0.2) is 67.6 Å². The van der Waals surface area contributed by atoms with Gasteiger partial charge in [0.15, 0.2) is 0 Å². The summed E-state index contributed by atoms with van der Waals surface area (Å²) in [5, 5.41) is 3.30. The fourth-order valence-corrected chi connectivity index (χ4v) is 2.83. The zero-order valence-electron chi connectivity index (χ0n) is 15.4. The summed E-state index contributed by atoms with van der Waals surface area (Å²) in [7, 11) is 0. The molecule has 1 atom stereocenters. The Morgan fingerprint density at radius 2 is 1.88 bits per heavy atom. The predicted octanol–water partition coefficient (Wildman–Crippen LogP) is 2.68. The predicted molar refractivity (Wildman–Crippen MR) is 108 cm³/mol. The van der Waals surface area contributed by atoms with Gasteiger partial charge in [-0.1, -0.05) is 13.8 Å². The Labute approximate surface area is 163 Å². The number of ether oxygens (including phenoxy) is 1. The van der Waals surface area contributed by atoms with Crippen molar-refractivity contribution in [2.24, 2.45) is 0 Å². The minimum atomic E-state index is 0. The molecule has 1 saturated heterocycles. The van der Waals surface area contributed by atoms with Gasteiger partial charge in [-0.15, -0.1) is 24.8 Å². The number of likely N-dealkylation sites (N-methyl/N-ethyl adjacent to an activating group) is 1. The summed E-state index contributed by atoms with van der Waals surface area (Å²) in [5.74, 6) is 0.927. The van der Waals surface area contributed by atoms with Crippen LogP contribution < -0.4 is 10.1 Å². The molecule has 0 aliphatic carbocycles. The minimum absolute atomic E-state index is 0. The standard InChI is InChI=1S/C18H29N3O2.2ClH/c1-4-20(5-2)12-13-23-17-8-6-16(7-9-17)18(22)21-11-10-19-14-15(21)3;;/h6-9,15,19H,4-5,10-14H2,1-3H3;2*1H/t15-;;/m0../s1. The molecule has 0 aromatic heterocycles. The third kappa shape index (κ3) is 7.02. The highest BCUT2D eigenvalue weighted by atomic mass is 35.5. The van der Waals surface area contributed by atoms with Gasteiger partial charge in [0.2, 0.25) is 0 Å². The van der Waals surface area contributed by atoms with Crippen LogP contribution in [0.1, 0.15) is 31.1 Å². The van der Waals surface area contributed by atoms with Gasteiger partial charge in [-0.2, -0.15) is 0 Å². The van der Waals surface area contributed by atoms with E-state index in [1.54, 1.807) is 0 Å². The van der Waals surface area contributed by atoms with Crippen LogP contribution in [0.15, 0.2) is 24.3 Å². The van der Waals surface area contributed by atoms with Gasteiger partial charge in [0, 0.05) is 37.8 Å². The largest absolute Gasteiger partial charge is 0.492 e. The Hall–Kier alpha value is -1.01. The minimum Gasteiger partial charge on any atom is -0.492 e. The van der Waals surface area contributed by atoms with E-state index in [1.165, 1.54) is 0 Å². The number of carbonyl (C=O) groups is 1. The molecule has 0 unspecified atom stereocenters. The molecule has 1 aromatic rings. The maximum Gasteiger partial charge on any atom is 0.254 e. The molecular formula is C18H31Cl2N3O2. The van der Waals surface area contributed by atoms with Crippen molar-refractivity contribution in [1.29, 1.82) is 0 Å². The summed E-state index contributed by atoms with van der Waals surface area (Å²) in [6.07, 6.45) is 0. The van der Waals surface area contributed by atoms with Gasteiger partial charge >= 0.3 is 0 Å². The molecule has 1 amide bonds. The van der Waals surface area contributed by atoms with Crippen molar-refractivity contribution in [3.8, 4) is 5.75 Å². The first-order valence-electron chi connectivity index (χ1n) is 8.62. The second kappa shape index (κ2) is 12.4. The van der Waals surface area contributed by atoms with Crippen molar-refractivity contribution in [3.05, 3.63) is 29.8 Å². The van der Waals surface area contributed by atoms with Crippen molar-refractivity contribution >= 4 is 30.7 Å². The van der Waals surface area contributed by atoms with E-state index in [-0.39, 0.29) is 36.8 Å². The van der Waals surface area contributed by atoms with Crippen molar-refractivity contribution in [3.63, 3.8) is 0 Å². The fraction of sp³-hybridized carbons (Fsp3) is 0.611. The third-order valence-electron chi connectivity index (χ3n) is 4.43. The molecule has 1 fully saturated rings. The molecule has 0 radical (unpaired) electrons. The second-order valence-electron chi connectivity index (χ2n) is 5.95. The molecule has 25 heavy (non-hydrogen) atoms. The number of benzene rings is 1. The van der Waals surface area contributed by atoms with Crippen molar-refractivity contribution < 1.29 is 9.53 Å². The lowest BCUT2D eigenvalue weighted by molar-refractivity contribution is 0.0655. The van der Waals surface area contributed by atoms with Gasteiger partial charge in [0.1, 0.15) is 12.4 Å². The maximum absolute atomic E-state index is 12.6. The van der Waals surface area contributed by atoms with E-state index in [4.69, 9.17) is 4.74 Å². The lowest BCUT2D eigenvalue weighted by atomic mass is 10.1. The molecule has 1 aliphatic heterocycles. The smallest absolute Gasteiger partial charge is 0.254 e. The first kappa shape index (κ1) is 24.0. The average Bonchev–Trinajstić information content (AvgIpc) is 2.59.